The summed E-state index contributed by atoms with van der Waals surface area (Å²) in [4.78, 5) is 0. The molecule has 716 valence electrons. The molecule has 0 saturated heterocycles. The first-order valence-corrected chi connectivity index (χ1v) is 55.8. The molecule has 0 fully saturated rings. The molecule has 6 rings (SSSR count). The van der Waals surface area contributed by atoms with E-state index in [0.717, 1.165) is 127 Å². The van der Waals surface area contributed by atoms with Gasteiger partial charge in [0.15, 0.2) is 0 Å². The lowest BCUT2D eigenvalue weighted by Crippen LogP contribution is -2.19. The lowest BCUT2D eigenvalue weighted by atomic mass is 9.74. The third-order valence-electron chi connectivity index (χ3n) is 25.8. The molecule has 0 aromatic heterocycles. The first-order valence-electron chi connectivity index (χ1n) is 52.5. The van der Waals surface area contributed by atoms with Gasteiger partial charge in [-0.1, -0.05) is 435 Å². The van der Waals surface area contributed by atoms with Gasteiger partial charge in [-0.15, -0.1) is 0 Å². The van der Waals surface area contributed by atoms with Crippen LogP contribution in [0.1, 0.15) is 504 Å². The number of hydrogen-bond donors (Lipinski definition) is 0. The van der Waals surface area contributed by atoms with E-state index in [-0.39, 0.29) is 28.1 Å². The maximum absolute atomic E-state index is 7.34. The molecule has 0 heterocycles. The molecule has 0 amide bonds. The summed E-state index contributed by atoms with van der Waals surface area (Å²) in [5.74, 6) is 4.77. The van der Waals surface area contributed by atoms with Gasteiger partial charge in [-0.25, -0.2) is 0 Å². The molecule has 0 saturated carbocycles. The van der Waals surface area contributed by atoms with Gasteiger partial charge in [-0.3, -0.25) is 13.6 Å². The first kappa shape index (κ1) is 111. The van der Waals surface area contributed by atoms with Crippen LogP contribution < -0.4 is 27.1 Å². The van der Waals surface area contributed by atoms with Crippen molar-refractivity contribution in [2.45, 2.75) is 494 Å². The Morgan fingerprint density at radius 2 is 0.449 bits per heavy atom. The zero-order chi connectivity index (χ0) is 91.8. The van der Waals surface area contributed by atoms with Crippen molar-refractivity contribution in [2.24, 2.45) is 0 Å². The summed E-state index contributed by atoms with van der Waals surface area (Å²) in [7, 11) is -5.50. The summed E-state index contributed by atoms with van der Waals surface area (Å²) in [6.45, 7) is 45.8. The molecule has 0 radical (unpaired) electrons. The molecule has 12 heteroatoms. The predicted octanol–water partition coefficient (Wildman–Crippen LogP) is 39.4. The summed E-state index contributed by atoms with van der Waals surface area (Å²) in [6, 6.07) is 40.6. The van der Waals surface area contributed by atoms with Crippen molar-refractivity contribution in [2.75, 3.05) is 19.8 Å². The van der Waals surface area contributed by atoms with Crippen molar-refractivity contribution < 1.29 is 40.7 Å². The number of benzene rings is 6. The van der Waals surface area contributed by atoms with Crippen LogP contribution in [0.5, 0.6) is 34.5 Å². The first-order chi connectivity index (χ1) is 61.4. The third-order valence-corrected chi connectivity index (χ3v) is 29.1. The highest BCUT2D eigenvalue weighted by molar-refractivity contribution is 7.43. The Labute approximate surface area is 785 Å². The van der Waals surface area contributed by atoms with E-state index in [4.69, 9.17) is 40.7 Å². The van der Waals surface area contributed by atoms with Crippen LogP contribution in [0.4, 0.5) is 0 Å². The van der Waals surface area contributed by atoms with Gasteiger partial charge in [0.05, 0.1) is 19.8 Å². The van der Waals surface area contributed by atoms with Gasteiger partial charge in [0.25, 0.3) is 0 Å². The number of unbranched alkanes of at least 4 members (excludes halogenated alkanes) is 42. The molecule has 0 spiro atoms. The minimum atomic E-state index is -1.85. The Bertz CT molecular complexity index is 3620. The van der Waals surface area contributed by atoms with Crippen LogP contribution in [0.2, 0.25) is 0 Å². The highest BCUT2D eigenvalue weighted by Gasteiger charge is 2.35. The van der Waals surface area contributed by atoms with E-state index < -0.39 is 25.8 Å². The fourth-order valence-electron chi connectivity index (χ4n) is 17.6. The number of rotatable bonds is 74. The summed E-state index contributed by atoms with van der Waals surface area (Å²) < 4.78 is 63.3. The van der Waals surface area contributed by atoms with Gasteiger partial charge in [0.1, 0.15) is 34.5 Å². The average Bonchev–Trinajstić information content (AvgIpc) is 0.760. The normalized spacial score (nSPS) is 13.3. The summed E-state index contributed by atoms with van der Waals surface area (Å²) >= 11 is 0. The molecule has 6 aromatic carbocycles. The van der Waals surface area contributed by atoms with Gasteiger partial charge in [-0.05, 0) is 212 Å². The zero-order valence-electron chi connectivity index (χ0n) is 85.0. The largest absolute Gasteiger partial charge is 0.463 e. The second kappa shape index (κ2) is 65.0. The van der Waals surface area contributed by atoms with Gasteiger partial charge in [-0.2, -0.15) is 0 Å². The van der Waals surface area contributed by atoms with Crippen molar-refractivity contribution in [1.29, 1.82) is 0 Å². The van der Waals surface area contributed by atoms with E-state index in [1.54, 1.807) is 0 Å². The molecule has 0 aliphatic rings. The standard InChI is InChI=1S/C115H187O9P3/c1-20-26-32-38-44-47-53-59-65-83-116-125(119-100-77-71-97(72-78-100)68-62-56-50-41-35-29-23-4)122-110-87-94(8)103(90-107(110)113(11,12)13)93(7)86-106(104-91-108(114(14,15)16)111(88-95(104)9)123-126(117-84-66-60-54-48-45-39-33-27-21-2)120-101-79-73-98(74-80-101)69-63-57-51-42-36-30-24-5)105-92-109(115(17,18)19)112(89-96(105)10)124-127(118-85-67-61-55-49-46-40-34-28-22-3)121-102-81-75-99(76-82-102)70-64-58-52-43-37-31-25-6/h71-82,87-93,106H,20-70,83-86H2,1-19H3. The third kappa shape index (κ3) is 45.7. The van der Waals surface area contributed by atoms with Crippen LogP contribution in [0.25, 0.3) is 0 Å². The lowest BCUT2D eigenvalue weighted by molar-refractivity contribution is 0.256. The molecular weight excluding hydrogens is 1620 g/mol. The molecule has 4 unspecified atom stereocenters. The summed E-state index contributed by atoms with van der Waals surface area (Å²) in [5, 5.41) is 0. The van der Waals surface area contributed by atoms with Crippen molar-refractivity contribution in [3.05, 3.63) is 176 Å². The number of aryl methyl sites for hydroxylation is 6. The van der Waals surface area contributed by atoms with Crippen molar-refractivity contribution in [3.63, 3.8) is 0 Å². The molecular formula is C115H187O9P3. The van der Waals surface area contributed by atoms with Gasteiger partial charge >= 0.3 is 25.8 Å². The van der Waals surface area contributed by atoms with Crippen molar-refractivity contribution in [1.82, 2.24) is 0 Å². The molecule has 4 atom stereocenters. The van der Waals surface area contributed by atoms with Gasteiger partial charge in [0, 0.05) is 22.6 Å². The molecule has 6 aromatic rings. The SMILES string of the molecule is CCCCCCCCCCCOP(Oc1ccc(CCCCCCCCC)cc1)Oc1cc(C)c(C(C)CC(c2cc(C(C)(C)C)c(OP(OCCCCCCCCCCC)Oc3ccc(CCCCCCCCC)cc3)cc2C)c2cc(C(C)(C)C)c(OP(OCCCCCCCCCCC)Oc3ccc(CCCCCCCCC)cc3)cc2C)cc1C(C)(C)C. The van der Waals surface area contributed by atoms with Crippen LogP contribution in [-0.4, -0.2) is 19.8 Å². The van der Waals surface area contributed by atoms with E-state index in [2.05, 4.69) is 241 Å². The average molecular weight is 1810 g/mol. The Hall–Kier alpha value is -4.71. The van der Waals surface area contributed by atoms with E-state index in [9.17, 15) is 0 Å². The Morgan fingerprint density at radius 3 is 0.677 bits per heavy atom. The number of hydrogen-bond acceptors (Lipinski definition) is 9. The van der Waals surface area contributed by atoms with Crippen LogP contribution in [-0.2, 0) is 49.1 Å². The second-order valence-electron chi connectivity index (χ2n) is 40.8. The fraction of sp³-hybridized carbons (Fsp3) is 0.687. The molecule has 0 aliphatic heterocycles. The fourth-order valence-corrected chi connectivity index (χ4v) is 20.7. The van der Waals surface area contributed by atoms with Gasteiger partial charge < -0.3 is 27.1 Å². The summed E-state index contributed by atoms with van der Waals surface area (Å²) in [6.07, 6.45) is 64.8. The minimum absolute atomic E-state index is 0.0770. The van der Waals surface area contributed by atoms with Crippen molar-refractivity contribution in [3.8, 4) is 34.5 Å². The van der Waals surface area contributed by atoms with Gasteiger partial charge in [0.2, 0.25) is 0 Å². The molecule has 0 aliphatic carbocycles. The maximum atomic E-state index is 7.34. The Morgan fingerprint density at radius 1 is 0.244 bits per heavy atom. The zero-order valence-corrected chi connectivity index (χ0v) is 87.6. The quantitative estimate of drug-likeness (QED) is 0.0274. The maximum Gasteiger partial charge on any atom is 0.463 e. The monoisotopic (exact) mass is 1810 g/mol. The Balaban J connectivity index is 1.44. The van der Waals surface area contributed by atoms with Crippen LogP contribution in [0.15, 0.2) is 109 Å². The smallest absolute Gasteiger partial charge is 0.418 e. The van der Waals surface area contributed by atoms with Crippen LogP contribution >= 0.6 is 25.8 Å². The topological polar surface area (TPSA) is 83.1 Å². The van der Waals surface area contributed by atoms with E-state index in [1.165, 1.54) is 309 Å². The molecule has 0 bridgehead atoms. The van der Waals surface area contributed by atoms with Crippen LogP contribution in [0.3, 0.4) is 0 Å². The lowest BCUT2D eigenvalue weighted by Gasteiger charge is -2.33. The minimum Gasteiger partial charge on any atom is -0.418 e. The second-order valence-corrected chi connectivity index (χ2v) is 44.0. The molecule has 127 heavy (non-hydrogen) atoms. The highest BCUT2D eigenvalue weighted by atomic mass is 31.2. The predicted molar refractivity (Wildman–Crippen MR) is 553 cm³/mol. The van der Waals surface area contributed by atoms with E-state index in [1.807, 2.05) is 0 Å². The van der Waals surface area contributed by atoms with E-state index in [0.29, 0.717) is 19.8 Å². The van der Waals surface area contributed by atoms with Crippen LogP contribution in [0, 0.1) is 20.8 Å². The van der Waals surface area contributed by atoms with Crippen molar-refractivity contribution >= 4 is 25.8 Å². The molecule has 9 nitrogen and oxygen atoms in total. The summed E-state index contributed by atoms with van der Waals surface area (Å²) in [5.41, 5.74) is 13.8. The Kier molecular flexibility index (Phi) is 56.8. The van der Waals surface area contributed by atoms with E-state index >= 15 is 0 Å². The highest BCUT2D eigenvalue weighted by Crippen LogP contribution is 2.53. The molecule has 0 N–H and O–H groups in total.